The number of nitrogens with one attached hydrogen (secondary N) is 2. The van der Waals surface area contributed by atoms with Gasteiger partial charge in [0.25, 0.3) is 0 Å². The van der Waals surface area contributed by atoms with Crippen LogP contribution in [0.5, 0.6) is 0 Å². The Hall–Kier alpha value is -1.41. The standard InChI is InChI=1S/C9H15N3O4S/c13-9(14)3-7-17(15,16)12-4-1-2-8-10-5-6-11-8/h5-6,12H,1-4,7H2,(H,10,11)(H,13,14). The van der Waals surface area contributed by atoms with Gasteiger partial charge in [-0.1, -0.05) is 0 Å². The van der Waals surface area contributed by atoms with Crippen LogP contribution >= 0.6 is 0 Å². The molecule has 1 heterocycles. The Morgan fingerprint density at radius 3 is 2.88 bits per heavy atom. The molecular formula is C9H15N3O4S. The maximum Gasteiger partial charge on any atom is 0.304 e. The number of aromatic nitrogens is 2. The van der Waals surface area contributed by atoms with Gasteiger partial charge >= 0.3 is 5.97 Å². The molecule has 0 aliphatic rings. The van der Waals surface area contributed by atoms with Gasteiger partial charge in [0.15, 0.2) is 0 Å². The van der Waals surface area contributed by atoms with Gasteiger partial charge in [0.1, 0.15) is 5.82 Å². The number of aryl methyl sites for hydroxylation is 1. The van der Waals surface area contributed by atoms with Crippen LogP contribution in [0.15, 0.2) is 12.4 Å². The van der Waals surface area contributed by atoms with E-state index in [1.165, 1.54) is 0 Å². The number of aromatic amines is 1. The molecule has 1 rings (SSSR count). The van der Waals surface area contributed by atoms with E-state index < -0.39 is 16.0 Å². The molecule has 0 saturated heterocycles. The lowest BCUT2D eigenvalue weighted by atomic mass is 10.3. The summed E-state index contributed by atoms with van der Waals surface area (Å²) in [5, 5.41) is 8.37. The Bertz CT molecular complexity index is 441. The Kier molecular flexibility index (Phi) is 5.11. The second kappa shape index (κ2) is 6.36. The molecule has 0 amide bonds. The van der Waals surface area contributed by atoms with Gasteiger partial charge in [-0.15, -0.1) is 0 Å². The highest BCUT2D eigenvalue weighted by Crippen LogP contribution is 1.95. The molecule has 17 heavy (non-hydrogen) atoms. The molecule has 0 bridgehead atoms. The lowest BCUT2D eigenvalue weighted by Crippen LogP contribution is -2.28. The maximum atomic E-state index is 11.3. The number of hydrogen-bond acceptors (Lipinski definition) is 4. The summed E-state index contributed by atoms with van der Waals surface area (Å²) in [6, 6.07) is 0. The monoisotopic (exact) mass is 261 g/mol. The molecule has 0 unspecified atom stereocenters. The molecule has 0 atom stereocenters. The Morgan fingerprint density at radius 2 is 2.29 bits per heavy atom. The third kappa shape index (κ3) is 6.03. The fourth-order valence-corrected chi connectivity index (χ4v) is 2.26. The van der Waals surface area contributed by atoms with Gasteiger partial charge in [-0.3, -0.25) is 4.79 Å². The predicted molar refractivity (Wildman–Crippen MR) is 61.0 cm³/mol. The minimum absolute atomic E-state index is 0.280. The Morgan fingerprint density at radius 1 is 1.53 bits per heavy atom. The number of hydrogen-bond donors (Lipinski definition) is 3. The SMILES string of the molecule is O=C(O)CCS(=O)(=O)NCCCc1ncc[nH]1. The van der Waals surface area contributed by atoms with Crippen LogP contribution in [-0.4, -0.2) is 41.8 Å². The second-order valence-corrected chi connectivity index (χ2v) is 5.42. The third-order valence-electron chi connectivity index (χ3n) is 2.05. The summed E-state index contributed by atoms with van der Waals surface area (Å²) in [7, 11) is -3.48. The van der Waals surface area contributed by atoms with E-state index in [-0.39, 0.29) is 18.7 Å². The van der Waals surface area contributed by atoms with E-state index in [1.807, 2.05) is 0 Å². The zero-order chi connectivity index (χ0) is 12.7. The number of H-pyrrole nitrogens is 1. The maximum absolute atomic E-state index is 11.3. The molecule has 8 heteroatoms. The Balaban J connectivity index is 2.19. The average molecular weight is 261 g/mol. The largest absolute Gasteiger partial charge is 0.481 e. The minimum atomic E-state index is -3.48. The molecular weight excluding hydrogens is 246 g/mol. The lowest BCUT2D eigenvalue weighted by Gasteiger charge is -2.04. The van der Waals surface area contributed by atoms with Crippen molar-refractivity contribution in [1.29, 1.82) is 0 Å². The van der Waals surface area contributed by atoms with Crippen LogP contribution in [-0.2, 0) is 21.2 Å². The number of rotatable bonds is 8. The summed E-state index contributed by atoms with van der Waals surface area (Å²) >= 11 is 0. The smallest absolute Gasteiger partial charge is 0.304 e. The molecule has 96 valence electrons. The average Bonchev–Trinajstić information content (AvgIpc) is 2.75. The molecule has 7 nitrogen and oxygen atoms in total. The van der Waals surface area contributed by atoms with Crippen LogP contribution in [0.25, 0.3) is 0 Å². The normalized spacial score (nSPS) is 11.5. The van der Waals surface area contributed by atoms with Crippen LogP contribution in [0.1, 0.15) is 18.7 Å². The van der Waals surface area contributed by atoms with Crippen LogP contribution in [0, 0.1) is 0 Å². The van der Waals surface area contributed by atoms with Crippen molar-refractivity contribution >= 4 is 16.0 Å². The topological polar surface area (TPSA) is 112 Å². The van der Waals surface area contributed by atoms with Crippen molar-refractivity contribution in [2.24, 2.45) is 0 Å². The number of aliphatic carboxylic acids is 1. The van der Waals surface area contributed by atoms with Gasteiger partial charge < -0.3 is 10.1 Å². The van der Waals surface area contributed by atoms with E-state index >= 15 is 0 Å². The van der Waals surface area contributed by atoms with E-state index in [2.05, 4.69) is 14.7 Å². The molecule has 0 radical (unpaired) electrons. The van der Waals surface area contributed by atoms with E-state index in [9.17, 15) is 13.2 Å². The number of carboxylic acid groups (broad SMARTS) is 1. The van der Waals surface area contributed by atoms with Crippen molar-refractivity contribution in [3.63, 3.8) is 0 Å². The first-order valence-corrected chi connectivity index (χ1v) is 6.82. The molecule has 0 saturated carbocycles. The quantitative estimate of drug-likeness (QED) is 0.558. The lowest BCUT2D eigenvalue weighted by molar-refractivity contribution is -0.136. The van der Waals surface area contributed by atoms with Gasteiger partial charge in [-0.05, 0) is 6.42 Å². The first-order chi connectivity index (χ1) is 7.99. The molecule has 0 spiro atoms. The van der Waals surface area contributed by atoms with Crippen molar-refractivity contribution in [2.75, 3.05) is 12.3 Å². The fraction of sp³-hybridized carbons (Fsp3) is 0.556. The highest BCUT2D eigenvalue weighted by molar-refractivity contribution is 7.89. The second-order valence-electron chi connectivity index (χ2n) is 3.50. The van der Waals surface area contributed by atoms with Crippen LogP contribution in [0.3, 0.4) is 0 Å². The Labute approximate surface area is 99.3 Å². The van der Waals surface area contributed by atoms with Crippen molar-refractivity contribution in [3.05, 3.63) is 18.2 Å². The molecule has 0 fully saturated rings. The van der Waals surface area contributed by atoms with Crippen molar-refractivity contribution in [3.8, 4) is 0 Å². The predicted octanol–water partition coefficient (Wildman–Crippen LogP) is -0.264. The third-order valence-corrected chi connectivity index (χ3v) is 3.44. The molecule has 0 aliphatic carbocycles. The van der Waals surface area contributed by atoms with E-state index in [4.69, 9.17) is 5.11 Å². The molecule has 3 N–H and O–H groups in total. The zero-order valence-electron chi connectivity index (χ0n) is 9.22. The van der Waals surface area contributed by atoms with Gasteiger partial charge in [0.2, 0.25) is 10.0 Å². The van der Waals surface area contributed by atoms with Crippen LogP contribution in [0.4, 0.5) is 0 Å². The van der Waals surface area contributed by atoms with E-state index in [0.717, 1.165) is 5.82 Å². The number of sulfonamides is 1. The summed E-state index contributed by atoms with van der Waals surface area (Å²) in [6.45, 7) is 0.280. The van der Waals surface area contributed by atoms with Gasteiger partial charge in [-0.2, -0.15) is 0 Å². The summed E-state index contributed by atoms with van der Waals surface area (Å²) in [5.41, 5.74) is 0. The number of carboxylic acids is 1. The van der Waals surface area contributed by atoms with Crippen LogP contribution in [0.2, 0.25) is 0 Å². The van der Waals surface area contributed by atoms with Crippen molar-refractivity contribution in [2.45, 2.75) is 19.3 Å². The van der Waals surface area contributed by atoms with E-state index in [0.29, 0.717) is 12.8 Å². The highest BCUT2D eigenvalue weighted by atomic mass is 32.2. The number of imidazole rings is 1. The van der Waals surface area contributed by atoms with Crippen molar-refractivity contribution in [1.82, 2.24) is 14.7 Å². The molecule has 0 aromatic carbocycles. The summed E-state index contributed by atoms with van der Waals surface area (Å²) < 4.78 is 24.9. The first-order valence-electron chi connectivity index (χ1n) is 5.17. The summed E-state index contributed by atoms with van der Waals surface area (Å²) in [4.78, 5) is 17.1. The summed E-state index contributed by atoms with van der Waals surface area (Å²) in [6.07, 6.45) is 4.21. The number of nitrogens with zero attached hydrogens (tertiary/aromatic N) is 1. The van der Waals surface area contributed by atoms with Gasteiger partial charge in [-0.25, -0.2) is 18.1 Å². The highest BCUT2D eigenvalue weighted by Gasteiger charge is 2.11. The fourth-order valence-electron chi connectivity index (χ4n) is 1.21. The summed E-state index contributed by atoms with van der Waals surface area (Å²) in [5.74, 6) is -0.705. The van der Waals surface area contributed by atoms with Gasteiger partial charge in [0.05, 0.1) is 12.2 Å². The minimum Gasteiger partial charge on any atom is -0.481 e. The van der Waals surface area contributed by atoms with Crippen LogP contribution < -0.4 is 4.72 Å². The molecule has 1 aromatic heterocycles. The first kappa shape index (κ1) is 13.7. The van der Waals surface area contributed by atoms with Crippen molar-refractivity contribution < 1.29 is 18.3 Å². The van der Waals surface area contributed by atoms with Gasteiger partial charge in [0, 0.05) is 25.4 Å². The van der Waals surface area contributed by atoms with E-state index in [1.54, 1.807) is 12.4 Å². The zero-order valence-corrected chi connectivity index (χ0v) is 10.0. The number of carbonyl (C=O) groups is 1. The molecule has 1 aromatic rings. The molecule has 0 aliphatic heterocycles.